The van der Waals surface area contributed by atoms with E-state index in [-0.39, 0.29) is 25.7 Å². The third-order valence-electron chi connectivity index (χ3n) is 5.39. The number of carbonyl (C=O) groups excluding carboxylic acids is 1. The molecule has 5 rings (SSSR count). The molecule has 0 fully saturated rings. The maximum atomic E-state index is 14.1. The molecule has 0 atom stereocenters. The van der Waals surface area contributed by atoms with E-state index < -0.39 is 11.7 Å². The van der Waals surface area contributed by atoms with Crippen molar-refractivity contribution >= 4 is 23.0 Å². The molecular formula is C23H18FN3O4. The number of amides is 1. The van der Waals surface area contributed by atoms with Gasteiger partial charge in [-0.1, -0.05) is 23.4 Å². The van der Waals surface area contributed by atoms with Gasteiger partial charge in [0.25, 0.3) is 5.91 Å². The minimum Gasteiger partial charge on any atom is -0.467 e. The van der Waals surface area contributed by atoms with Crippen molar-refractivity contribution in [3.8, 4) is 16.9 Å². The van der Waals surface area contributed by atoms with Crippen molar-refractivity contribution in [3.05, 3.63) is 77.1 Å². The van der Waals surface area contributed by atoms with E-state index in [4.69, 9.17) is 15.2 Å². The zero-order chi connectivity index (χ0) is 21.5. The predicted molar refractivity (Wildman–Crippen MR) is 112 cm³/mol. The number of nitrogens with zero attached hydrogens (tertiary/aromatic N) is 2. The Kier molecular flexibility index (Phi) is 4.56. The molecule has 8 heteroatoms. The van der Waals surface area contributed by atoms with E-state index in [1.54, 1.807) is 18.2 Å². The third-order valence-corrected chi connectivity index (χ3v) is 5.39. The molecule has 2 heterocycles. The Bertz CT molecular complexity index is 1240. The van der Waals surface area contributed by atoms with Gasteiger partial charge in [0.05, 0.1) is 18.8 Å². The summed E-state index contributed by atoms with van der Waals surface area (Å²) in [7, 11) is 0. The highest BCUT2D eigenvalue weighted by atomic mass is 19.1. The zero-order valence-electron chi connectivity index (χ0n) is 16.3. The first-order chi connectivity index (χ1) is 15.0. The summed E-state index contributed by atoms with van der Waals surface area (Å²) in [6, 6.07) is 15.5. The van der Waals surface area contributed by atoms with E-state index in [1.807, 2.05) is 24.3 Å². The fraction of sp³-hybridized carbons (Fsp3) is 0.130. The van der Waals surface area contributed by atoms with Crippen LogP contribution in [0, 0.1) is 5.82 Å². The SMILES string of the molecule is Nc1cccc(-c2ccc3c(c2)/C(=N/O)C(=O)N3Cc2cc(F)cc3c2OCOC3)c1. The van der Waals surface area contributed by atoms with Gasteiger partial charge < -0.3 is 25.3 Å². The van der Waals surface area contributed by atoms with Gasteiger partial charge in [-0.15, -0.1) is 0 Å². The van der Waals surface area contributed by atoms with Gasteiger partial charge in [0, 0.05) is 22.4 Å². The third kappa shape index (κ3) is 3.27. The number of rotatable bonds is 3. The fourth-order valence-corrected chi connectivity index (χ4v) is 4.01. The Morgan fingerprint density at radius 2 is 1.97 bits per heavy atom. The minimum absolute atomic E-state index is 0.0581. The molecule has 156 valence electrons. The molecule has 0 saturated heterocycles. The predicted octanol–water partition coefficient (Wildman–Crippen LogP) is 3.67. The highest BCUT2D eigenvalue weighted by Crippen LogP contribution is 2.37. The summed E-state index contributed by atoms with van der Waals surface area (Å²) in [6.07, 6.45) is 0. The second kappa shape index (κ2) is 7.41. The van der Waals surface area contributed by atoms with Crippen LogP contribution < -0.4 is 15.4 Å². The maximum absolute atomic E-state index is 14.1. The molecule has 31 heavy (non-hydrogen) atoms. The van der Waals surface area contributed by atoms with Crippen LogP contribution in [0.25, 0.3) is 11.1 Å². The van der Waals surface area contributed by atoms with E-state index in [0.29, 0.717) is 33.8 Å². The van der Waals surface area contributed by atoms with Crippen LogP contribution in [0.2, 0.25) is 0 Å². The first-order valence-corrected chi connectivity index (χ1v) is 9.61. The van der Waals surface area contributed by atoms with Gasteiger partial charge in [0.2, 0.25) is 0 Å². The first kappa shape index (κ1) is 19.1. The van der Waals surface area contributed by atoms with Crippen LogP contribution in [0.1, 0.15) is 16.7 Å². The molecule has 3 aromatic carbocycles. The number of halogens is 1. The maximum Gasteiger partial charge on any atom is 0.281 e. The summed E-state index contributed by atoms with van der Waals surface area (Å²) in [6.45, 7) is 0.350. The number of nitrogens with two attached hydrogens (primary N) is 1. The molecule has 2 aliphatic heterocycles. The van der Waals surface area contributed by atoms with Crippen LogP contribution in [0.15, 0.2) is 59.8 Å². The first-order valence-electron chi connectivity index (χ1n) is 9.61. The van der Waals surface area contributed by atoms with Crippen molar-refractivity contribution in [3.63, 3.8) is 0 Å². The number of oxime groups is 1. The van der Waals surface area contributed by atoms with Gasteiger partial charge in [0.1, 0.15) is 11.6 Å². The summed E-state index contributed by atoms with van der Waals surface area (Å²) in [5.41, 5.74) is 10.3. The molecule has 7 nitrogen and oxygen atoms in total. The van der Waals surface area contributed by atoms with Gasteiger partial charge in [-0.2, -0.15) is 0 Å². The summed E-state index contributed by atoms with van der Waals surface area (Å²) in [4.78, 5) is 14.5. The van der Waals surface area contributed by atoms with Crippen molar-refractivity contribution in [1.82, 2.24) is 0 Å². The second-order valence-corrected chi connectivity index (χ2v) is 7.36. The average molecular weight is 419 g/mol. The lowest BCUT2D eigenvalue weighted by Gasteiger charge is -2.24. The van der Waals surface area contributed by atoms with Crippen LogP contribution in [0.5, 0.6) is 5.75 Å². The Morgan fingerprint density at radius 3 is 2.77 bits per heavy atom. The standard InChI is InChI=1S/C23H18FN3O4/c24-17-6-15(22-16(7-17)11-30-12-31-22)10-27-20-5-4-14(13-2-1-3-18(25)8-13)9-19(20)21(26-29)23(27)28/h1-9,29H,10-12,25H2/b26-21-. The Balaban J connectivity index is 1.56. The van der Waals surface area contributed by atoms with Crippen LogP contribution >= 0.6 is 0 Å². The smallest absolute Gasteiger partial charge is 0.281 e. The quantitative estimate of drug-likeness (QED) is 0.384. The number of anilines is 2. The highest BCUT2D eigenvalue weighted by Gasteiger charge is 2.36. The number of ether oxygens (including phenoxy) is 2. The van der Waals surface area contributed by atoms with Gasteiger partial charge >= 0.3 is 0 Å². The average Bonchev–Trinajstić information content (AvgIpc) is 3.03. The molecule has 0 saturated carbocycles. The summed E-state index contributed by atoms with van der Waals surface area (Å²) < 4.78 is 24.9. The molecule has 3 N–H and O–H groups in total. The summed E-state index contributed by atoms with van der Waals surface area (Å²) in [5.74, 6) is -0.414. The number of carbonyl (C=O) groups is 1. The summed E-state index contributed by atoms with van der Waals surface area (Å²) in [5, 5.41) is 12.8. The molecule has 0 bridgehead atoms. The number of hydrogen-bond acceptors (Lipinski definition) is 6. The normalized spacial score (nSPS) is 16.2. The summed E-state index contributed by atoms with van der Waals surface area (Å²) >= 11 is 0. The highest BCUT2D eigenvalue weighted by molar-refractivity contribution is 6.54. The van der Waals surface area contributed by atoms with Crippen LogP contribution in [0.3, 0.4) is 0 Å². The van der Waals surface area contributed by atoms with Gasteiger partial charge in [0.15, 0.2) is 12.5 Å². The molecular weight excluding hydrogens is 401 g/mol. The molecule has 2 aliphatic rings. The monoisotopic (exact) mass is 419 g/mol. The van der Waals surface area contributed by atoms with Crippen molar-refractivity contribution in [2.75, 3.05) is 17.4 Å². The lowest BCUT2D eigenvalue weighted by atomic mass is 10.0. The molecule has 1 amide bonds. The molecule has 0 aliphatic carbocycles. The van der Waals surface area contributed by atoms with Gasteiger partial charge in [-0.25, -0.2) is 4.39 Å². The Hall–Kier alpha value is -3.91. The molecule has 0 spiro atoms. The van der Waals surface area contributed by atoms with Crippen molar-refractivity contribution in [2.45, 2.75) is 13.2 Å². The fourth-order valence-electron chi connectivity index (χ4n) is 4.01. The van der Waals surface area contributed by atoms with Crippen molar-refractivity contribution in [1.29, 1.82) is 0 Å². The lowest BCUT2D eigenvalue weighted by molar-refractivity contribution is -0.112. The molecule has 0 unspecified atom stereocenters. The lowest BCUT2D eigenvalue weighted by Crippen LogP contribution is -2.30. The van der Waals surface area contributed by atoms with Gasteiger partial charge in [-0.3, -0.25) is 4.79 Å². The Morgan fingerprint density at radius 1 is 1.13 bits per heavy atom. The van der Waals surface area contributed by atoms with E-state index in [1.165, 1.54) is 17.0 Å². The number of benzene rings is 3. The van der Waals surface area contributed by atoms with E-state index in [9.17, 15) is 14.4 Å². The molecule has 0 radical (unpaired) electrons. The van der Waals surface area contributed by atoms with Crippen molar-refractivity contribution < 1.29 is 23.9 Å². The van der Waals surface area contributed by atoms with Crippen LogP contribution in [0.4, 0.5) is 15.8 Å². The second-order valence-electron chi connectivity index (χ2n) is 7.36. The van der Waals surface area contributed by atoms with E-state index in [2.05, 4.69) is 5.16 Å². The van der Waals surface area contributed by atoms with Crippen molar-refractivity contribution in [2.24, 2.45) is 5.16 Å². The minimum atomic E-state index is -0.479. The van der Waals surface area contributed by atoms with Crippen LogP contribution in [-0.4, -0.2) is 23.6 Å². The number of fused-ring (bicyclic) bond motifs is 2. The van der Waals surface area contributed by atoms with Crippen LogP contribution in [-0.2, 0) is 22.7 Å². The molecule has 3 aromatic rings. The Labute approximate surface area is 177 Å². The topological polar surface area (TPSA) is 97.4 Å². The molecule has 0 aromatic heterocycles. The van der Waals surface area contributed by atoms with E-state index in [0.717, 1.165) is 11.1 Å². The zero-order valence-corrected chi connectivity index (χ0v) is 16.3. The largest absolute Gasteiger partial charge is 0.467 e. The number of nitrogen functional groups attached to an aromatic ring is 1. The van der Waals surface area contributed by atoms with Gasteiger partial charge in [-0.05, 0) is 47.5 Å². The number of hydrogen-bond donors (Lipinski definition) is 2. The van der Waals surface area contributed by atoms with E-state index >= 15 is 0 Å².